The molecule has 1 aliphatic carbocycles. The Morgan fingerprint density at radius 1 is 1.43 bits per heavy atom. The Bertz CT molecular complexity index is 624. The molecule has 0 aliphatic heterocycles. The number of thiophene rings is 1. The lowest BCUT2D eigenvalue weighted by Gasteiger charge is -2.29. The maximum absolute atomic E-state index is 12.1. The normalized spacial score (nSPS) is 21.3. The number of nitrogens with zero attached hydrogens (tertiary/aromatic N) is 2. The van der Waals surface area contributed by atoms with Crippen molar-refractivity contribution in [2.75, 3.05) is 0 Å². The summed E-state index contributed by atoms with van der Waals surface area (Å²) in [6.07, 6.45) is 6.74. The summed E-state index contributed by atoms with van der Waals surface area (Å²) in [7, 11) is 0. The van der Waals surface area contributed by atoms with E-state index in [-0.39, 0.29) is 5.91 Å². The molecule has 1 saturated carbocycles. The van der Waals surface area contributed by atoms with Crippen LogP contribution in [0.25, 0.3) is 10.7 Å². The number of hydrogen-bond acceptors (Lipinski definition) is 5. The number of rotatable bonds is 6. The second kappa shape index (κ2) is 7.73. The maximum Gasteiger partial charge on any atom is 0.226 e. The summed E-state index contributed by atoms with van der Waals surface area (Å²) < 4.78 is 5.25. The molecule has 1 aliphatic rings. The SMILES string of the molecule is C[C@@H]1CCCC[C@H]1NC(=O)CCCc1nc(-c2cccs2)no1. The molecule has 2 heterocycles. The van der Waals surface area contributed by atoms with Crippen LogP contribution in [0.4, 0.5) is 0 Å². The van der Waals surface area contributed by atoms with Crippen molar-refractivity contribution < 1.29 is 9.32 Å². The predicted octanol–water partition coefficient (Wildman–Crippen LogP) is 3.82. The van der Waals surface area contributed by atoms with Crippen molar-refractivity contribution in [3.8, 4) is 10.7 Å². The molecule has 2 atom stereocenters. The van der Waals surface area contributed by atoms with Crippen LogP contribution < -0.4 is 5.32 Å². The Kier molecular flexibility index (Phi) is 5.43. The Morgan fingerprint density at radius 3 is 3.09 bits per heavy atom. The molecular formula is C17H23N3O2S. The summed E-state index contributed by atoms with van der Waals surface area (Å²) >= 11 is 1.59. The summed E-state index contributed by atoms with van der Waals surface area (Å²) in [5.74, 6) is 1.97. The van der Waals surface area contributed by atoms with Crippen molar-refractivity contribution in [2.24, 2.45) is 5.92 Å². The van der Waals surface area contributed by atoms with Gasteiger partial charge in [-0.15, -0.1) is 11.3 Å². The first-order valence-electron chi connectivity index (χ1n) is 8.38. The highest BCUT2D eigenvalue weighted by Crippen LogP contribution is 2.24. The van der Waals surface area contributed by atoms with Gasteiger partial charge in [-0.1, -0.05) is 31.0 Å². The molecule has 6 heteroatoms. The van der Waals surface area contributed by atoms with E-state index in [1.807, 2.05) is 17.5 Å². The van der Waals surface area contributed by atoms with Crippen LogP contribution in [0.15, 0.2) is 22.0 Å². The van der Waals surface area contributed by atoms with Gasteiger partial charge in [0.15, 0.2) is 0 Å². The third kappa shape index (κ3) is 4.41. The van der Waals surface area contributed by atoms with Gasteiger partial charge in [-0.05, 0) is 36.6 Å². The zero-order chi connectivity index (χ0) is 16.1. The zero-order valence-corrected chi connectivity index (χ0v) is 14.3. The van der Waals surface area contributed by atoms with Gasteiger partial charge in [0.1, 0.15) is 0 Å². The number of nitrogens with one attached hydrogen (secondary N) is 1. The van der Waals surface area contributed by atoms with Crippen LogP contribution in [0.1, 0.15) is 51.3 Å². The van der Waals surface area contributed by atoms with Crippen molar-refractivity contribution >= 4 is 17.2 Å². The van der Waals surface area contributed by atoms with Gasteiger partial charge in [0.05, 0.1) is 4.88 Å². The highest BCUT2D eigenvalue weighted by atomic mass is 32.1. The van der Waals surface area contributed by atoms with Gasteiger partial charge in [0.25, 0.3) is 0 Å². The quantitative estimate of drug-likeness (QED) is 0.872. The molecule has 0 spiro atoms. The maximum atomic E-state index is 12.1. The summed E-state index contributed by atoms with van der Waals surface area (Å²) in [5, 5.41) is 9.15. The van der Waals surface area contributed by atoms with Crippen LogP contribution >= 0.6 is 11.3 Å². The minimum absolute atomic E-state index is 0.141. The molecule has 1 N–H and O–H groups in total. The second-order valence-electron chi connectivity index (χ2n) is 6.28. The van der Waals surface area contributed by atoms with Crippen molar-refractivity contribution in [1.82, 2.24) is 15.5 Å². The summed E-state index contributed by atoms with van der Waals surface area (Å²) in [4.78, 5) is 17.4. The molecule has 0 radical (unpaired) electrons. The van der Waals surface area contributed by atoms with Gasteiger partial charge in [0.2, 0.25) is 17.6 Å². The van der Waals surface area contributed by atoms with Crippen molar-refractivity contribution in [3.05, 3.63) is 23.4 Å². The fraction of sp³-hybridized carbons (Fsp3) is 0.588. The average molecular weight is 333 g/mol. The molecule has 0 unspecified atom stereocenters. The minimum atomic E-state index is 0.141. The van der Waals surface area contributed by atoms with E-state index in [0.29, 0.717) is 36.5 Å². The molecular weight excluding hydrogens is 310 g/mol. The summed E-state index contributed by atoms with van der Waals surface area (Å²) in [6.45, 7) is 2.23. The minimum Gasteiger partial charge on any atom is -0.353 e. The van der Waals surface area contributed by atoms with E-state index in [1.54, 1.807) is 11.3 Å². The molecule has 23 heavy (non-hydrogen) atoms. The molecule has 3 rings (SSSR count). The fourth-order valence-electron chi connectivity index (χ4n) is 3.07. The Morgan fingerprint density at radius 2 is 2.30 bits per heavy atom. The first-order valence-corrected chi connectivity index (χ1v) is 9.26. The van der Waals surface area contributed by atoms with Gasteiger partial charge < -0.3 is 9.84 Å². The zero-order valence-electron chi connectivity index (χ0n) is 13.5. The molecule has 124 valence electrons. The van der Waals surface area contributed by atoms with Gasteiger partial charge in [0, 0.05) is 18.9 Å². The topological polar surface area (TPSA) is 68.0 Å². The lowest BCUT2D eigenvalue weighted by molar-refractivity contribution is -0.122. The third-order valence-electron chi connectivity index (χ3n) is 4.46. The molecule has 5 nitrogen and oxygen atoms in total. The summed E-state index contributed by atoms with van der Waals surface area (Å²) in [5.41, 5.74) is 0. The molecule has 0 aromatic carbocycles. The predicted molar refractivity (Wildman–Crippen MR) is 90.1 cm³/mol. The monoisotopic (exact) mass is 333 g/mol. The molecule has 0 saturated heterocycles. The van der Waals surface area contributed by atoms with E-state index in [1.165, 1.54) is 19.3 Å². The van der Waals surface area contributed by atoms with E-state index < -0.39 is 0 Å². The van der Waals surface area contributed by atoms with E-state index in [0.717, 1.165) is 17.7 Å². The first-order chi connectivity index (χ1) is 11.2. The molecule has 1 fully saturated rings. The standard InChI is InChI=1S/C17H23N3O2S/c1-12-6-2-3-7-13(12)18-15(21)9-4-10-16-19-17(20-22-16)14-8-5-11-23-14/h5,8,11-13H,2-4,6-7,9-10H2,1H3,(H,18,21)/t12-,13-/m1/s1. The molecule has 0 bridgehead atoms. The van der Waals surface area contributed by atoms with E-state index in [4.69, 9.17) is 4.52 Å². The molecule has 2 aromatic heterocycles. The van der Waals surface area contributed by atoms with E-state index >= 15 is 0 Å². The number of aromatic nitrogens is 2. The number of amides is 1. The lowest BCUT2D eigenvalue weighted by atomic mass is 9.86. The van der Waals surface area contributed by atoms with Gasteiger partial charge in [-0.25, -0.2) is 0 Å². The Hall–Kier alpha value is -1.69. The smallest absolute Gasteiger partial charge is 0.226 e. The van der Waals surface area contributed by atoms with Gasteiger partial charge in [-0.2, -0.15) is 4.98 Å². The summed E-state index contributed by atoms with van der Waals surface area (Å²) in [6, 6.07) is 4.29. The van der Waals surface area contributed by atoms with Crippen LogP contribution in [0.3, 0.4) is 0 Å². The lowest BCUT2D eigenvalue weighted by Crippen LogP contribution is -2.40. The second-order valence-corrected chi connectivity index (χ2v) is 7.23. The van der Waals surface area contributed by atoms with Crippen LogP contribution in [-0.4, -0.2) is 22.1 Å². The first kappa shape index (κ1) is 16.2. The molecule has 1 amide bonds. The highest BCUT2D eigenvalue weighted by molar-refractivity contribution is 7.13. The fourth-order valence-corrected chi connectivity index (χ4v) is 3.72. The average Bonchev–Trinajstić information content (AvgIpc) is 3.20. The Balaban J connectivity index is 1.41. The van der Waals surface area contributed by atoms with Crippen LogP contribution in [0, 0.1) is 5.92 Å². The van der Waals surface area contributed by atoms with Crippen LogP contribution in [0.5, 0.6) is 0 Å². The van der Waals surface area contributed by atoms with Crippen molar-refractivity contribution in [2.45, 2.75) is 57.9 Å². The Labute approximate surface area is 140 Å². The highest BCUT2D eigenvalue weighted by Gasteiger charge is 2.22. The number of hydrogen-bond donors (Lipinski definition) is 1. The number of carbonyl (C=O) groups is 1. The molecule has 2 aromatic rings. The van der Waals surface area contributed by atoms with Crippen LogP contribution in [-0.2, 0) is 11.2 Å². The van der Waals surface area contributed by atoms with E-state index in [2.05, 4.69) is 22.4 Å². The number of carbonyl (C=O) groups excluding carboxylic acids is 1. The number of aryl methyl sites for hydroxylation is 1. The largest absolute Gasteiger partial charge is 0.353 e. The van der Waals surface area contributed by atoms with Gasteiger partial charge >= 0.3 is 0 Å². The third-order valence-corrected chi connectivity index (χ3v) is 5.33. The van der Waals surface area contributed by atoms with Crippen molar-refractivity contribution in [1.29, 1.82) is 0 Å². The van der Waals surface area contributed by atoms with Gasteiger partial charge in [-0.3, -0.25) is 4.79 Å². The van der Waals surface area contributed by atoms with Crippen molar-refractivity contribution in [3.63, 3.8) is 0 Å². The van der Waals surface area contributed by atoms with Crippen LogP contribution in [0.2, 0.25) is 0 Å². The van der Waals surface area contributed by atoms with E-state index in [9.17, 15) is 4.79 Å².